The number of guanidine groups is 1. The zero-order valence-corrected chi connectivity index (χ0v) is 18.4. The van der Waals surface area contributed by atoms with Gasteiger partial charge in [-0.15, -0.1) is 35.3 Å². The Morgan fingerprint density at radius 3 is 2.74 bits per heavy atom. The molecular formula is C17H25F3IN5S. The standard InChI is InChI=1S/C17H24F3N5S.HI/c1-2-21-16(25-10-6-13(11-25)24-8-3-4-9-24)22-7-5-15-23-14(12-26-15)17(18,19)20;/h3-4,12-13H,2,5-11H2,1H3,(H,21,22);1H. The van der Waals surface area contributed by atoms with E-state index in [1.54, 1.807) is 0 Å². The Labute approximate surface area is 178 Å². The molecule has 0 aliphatic carbocycles. The van der Waals surface area contributed by atoms with Gasteiger partial charge >= 0.3 is 6.18 Å². The second kappa shape index (κ2) is 10.1. The third kappa shape index (κ3) is 6.05. The van der Waals surface area contributed by atoms with Gasteiger partial charge in [-0.3, -0.25) is 9.89 Å². The van der Waals surface area contributed by atoms with Crippen molar-refractivity contribution in [2.24, 2.45) is 4.99 Å². The molecule has 1 unspecified atom stereocenters. The predicted octanol–water partition coefficient (Wildman–Crippen LogP) is 3.23. The van der Waals surface area contributed by atoms with Crippen LogP contribution in [0.25, 0.3) is 0 Å². The summed E-state index contributed by atoms with van der Waals surface area (Å²) in [4.78, 5) is 13.0. The van der Waals surface area contributed by atoms with E-state index in [4.69, 9.17) is 0 Å². The minimum Gasteiger partial charge on any atom is -0.357 e. The molecule has 1 aromatic heterocycles. The molecule has 3 rings (SSSR count). The highest BCUT2D eigenvalue weighted by Crippen LogP contribution is 2.30. The summed E-state index contributed by atoms with van der Waals surface area (Å²) in [6, 6.07) is 0.530. The summed E-state index contributed by atoms with van der Waals surface area (Å²) in [6.07, 6.45) is 1.55. The quantitative estimate of drug-likeness (QED) is 0.283. The number of aliphatic imine (C=N–C) groups is 1. The molecule has 0 saturated carbocycles. The number of hydrogen-bond donors (Lipinski definition) is 1. The first-order chi connectivity index (χ1) is 12.5. The summed E-state index contributed by atoms with van der Waals surface area (Å²) in [5.41, 5.74) is -0.810. The summed E-state index contributed by atoms with van der Waals surface area (Å²) in [6.45, 7) is 7.12. The number of halogens is 4. The summed E-state index contributed by atoms with van der Waals surface area (Å²) >= 11 is 1.04. The lowest BCUT2D eigenvalue weighted by molar-refractivity contribution is -0.140. The van der Waals surface area contributed by atoms with Crippen LogP contribution < -0.4 is 5.32 Å². The lowest BCUT2D eigenvalue weighted by Gasteiger charge is -2.25. The minimum atomic E-state index is -4.37. The normalized spacial score (nSPS) is 21.0. The van der Waals surface area contributed by atoms with Crippen molar-refractivity contribution in [2.75, 3.05) is 39.3 Å². The molecule has 10 heteroatoms. The van der Waals surface area contributed by atoms with Crippen molar-refractivity contribution in [3.63, 3.8) is 0 Å². The Morgan fingerprint density at radius 2 is 2.11 bits per heavy atom. The van der Waals surface area contributed by atoms with Crippen molar-refractivity contribution in [2.45, 2.75) is 32.0 Å². The van der Waals surface area contributed by atoms with Crippen LogP contribution in [0.3, 0.4) is 0 Å². The van der Waals surface area contributed by atoms with Gasteiger partial charge in [0, 0.05) is 57.1 Å². The molecule has 0 radical (unpaired) electrons. The second-order valence-corrected chi connectivity index (χ2v) is 7.37. The number of nitrogens with one attached hydrogen (secondary N) is 1. The first-order valence-corrected chi connectivity index (χ1v) is 9.79. The number of likely N-dealkylation sites (tertiary alicyclic amines) is 1. The molecule has 2 aliphatic heterocycles. The van der Waals surface area contributed by atoms with E-state index in [0.29, 0.717) is 24.0 Å². The Balaban J connectivity index is 0.00000261. The Bertz CT molecular complexity index is 653. The van der Waals surface area contributed by atoms with E-state index < -0.39 is 11.9 Å². The van der Waals surface area contributed by atoms with Gasteiger partial charge in [0.05, 0.1) is 5.01 Å². The molecule has 5 nitrogen and oxygen atoms in total. The topological polar surface area (TPSA) is 43.8 Å². The monoisotopic (exact) mass is 515 g/mol. The van der Waals surface area contributed by atoms with Crippen LogP contribution in [-0.2, 0) is 12.6 Å². The molecule has 1 saturated heterocycles. The van der Waals surface area contributed by atoms with Crippen LogP contribution in [0.5, 0.6) is 0 Å². The average Bonchev–Trinajstić information content (AvgIpc) is 3.33. The molecule has 1 atom stereocenters. The maximum Gasteiger partial charge on any atom is 0.434 e. The van der Waals surface area contributed by atoms with Gasteiger partial charge in [0.25, 0.3) is 0 Å². The Kier molecular flexibility index (Phi) is 8.35. The summed E-state index contributed by atoms with van der Waals surface area (Å²) in [5, 5.41) is 4.84. The first kappa shape index (κ1) is 22.4. The molecule has 1 fully saturated rings. The largest absolute Gasteiger partial charge is 0.434 e. The van der Waals surface area contributed by atoms with Gasteiger partial charge in [-0.05, 0) is 13.3 Å². The average molecular weight is 515 g/mol. The SMILES string of the molecule is CCNC(=NCCc1nc(C(F)(F)F)cs1)N1CCC(N2CC=CC2)C1.I. The molecule has 1 N–H and O–H groups in total. The maximum atomic E-state index is 12.6. The molecule has 3 heterocycles. The van der Waals surface area contributed by atoms with Crippen LogP contribution in [0.15, 0.2) is 22.5 Å². The number of rotatable bonds is 5. The zero-order chi connectivity index (χ0) is 18.6. The van der Waals surface area contributed by atoms with Crippen molar-refractivity contribution < 1.29 is 13.2 Å². The molecule has 2 aliphatic rings. The van der Waals surface area contributed by atoms with E-state index in [1.807, 2.05) is 6.92 Å². The van der Waals surface area contributed by atoms with E-state index >= 15 is 0 Å². The lowest BCUT2D eigenvalue weighted by atomic mass is 10.2. The Morgan fingerprint density at radius 1 is 1.37 bits per heavy atom. The van der Waals surface area contributed by atoms with Gasteiger partial charge in [-0.2, -0.15) is 13.2 Å². The number of alkyl halides is 3. The molecular weight excluding hydrogens is 490 g/mol. The third-order valence-electron chi connectivity index (χ3n) is 4.59. The Hall–Kier alpha value is -0.880. The van der Waals surface area contributed by atoms with Crippen molar-refractivity contribution >= 4 is 41.3 Å². The van der Waals surface area contributed by atoms with E-state index in [0.717, 1.165) is 61.8 Å². The van der Waals surface area contributed by atoms with Crippen LogP contribution in [0, 0.1) is 0 Å². The van der Waals surface area contributed by atoms with Gasteiger partial charge in [0.1, 0.15) is 0 Å². The smallest absolute Gasteiger partial charge is 0.357 e. The maximum absolute atomic E-state index is 12.6. The van der Waals surface area contributed by atoms with Crippen LogP contribution in [0.4, 0.5) is 13.2 Å². The lowest BCUT2D eigenvalue weighted by Crippen LogP contribution is -2.43. The fraction of sp³-hybridized carbons (Fsp3) is 0.647. The highest BCUT2D eigenvalue weighted by molar-refractivity contribution is 14.0. The molecule has 0 bridgehead atoms. The zero-order valence-electron chi connectivity index (χ0n) is 15.2. The number of nitrogens with zero attached hydrogens (tertiary/aromatic N) is 4. The molecule has 0 spiro atoms. The van der Waals surface area contributed by atoms with E-state index in [1.165, 1.54) is 0 Å². The van der Waals surface area contributed by atoms with E-state index in [9.17, 15) is 13.2 Å². The predicted molar refractivity (Wildman–Crippen MR) is 113 cm³/mol. The van der Waals surface area contributed by atoms with Crippen molar-refractivity contribution in [1.29, 1.82) is 0 Å². The number of thiazole rings is 1. The van der Waals surface area contributed by atoms with Crippen LogP contribution in [0.1, 0.15) is 24.0 Å². The molecule has 27 heavy (non-hydrogen) atoms. The molecule has 0 amide bonds. The summed E-state index contributed by atoms with van der Waals surface area (Å²) in [7, 11) is 0. The van der Waals surface area contributed by atoms with E-state index in [2.05, 4.69) is 37.2 Å². The highest BCUT2D eigenvalue weighted by Gasteiger charge is 2.33. The van der Waals surface area contributed by atoms with Crippen LogP contribution in [0.2, 0.25) is 0 Å². The third-order valence-corrected chi connectivity index (χ3v) is 5.50. The fourth-order valence-electron chi connectivity index (χ4n) is 3.26. The molecule has 152 valence electrons. The summed E-state index contributed by atoms with van der Waals surface area (Å²) < 4.78 is 37.8. The number of aromatic nitrogens is 1. The van der Waals surface area contributed by atoms with Gasteiger partial charge in [0.15, 0.2) is 11.7 Å². The fourth-order valence-corrected chi connectivity index (χ4v) is 4.06. The second-order valence-electron chi connectivity index (χ2n) is 6.42. The number of hydrogen-bond acceptors (Lipinski definition) is 4. The highest BCUT2D eigenvalue weighted by atomic mass is 127. The molecule has 1 aromatic rings. The van der Waals surface area contributed by atoms with Crippen molar-refractivity contribution in [3.8, 4) is 0 Å². The van der Waals surface area contributed by atoms with Gasteiger partial charge in [-0.1, -0.05) is 12.2 Å². The van der Waals surface area contributed by atoms with Crippen LogP contribution >= 0.6 is 35.3 Å². The van der Waals surface area contributed by atoms with Gasteiger partial charge in [0.2, 0.25) is 0 Å². The summed E-state index contributed by atoms with van der Waals surface area (Å²) in [5.74, 6) is 0.842. The van der Waals surface area contributed by atoms with Crippen LogP contribution in [-0.4, -0.2) is 66.1 Å². The first-order valence-electron chi connectivity index (χ1n) is 8.91. The van der Waals surface area contributed by atoms with Crippen molar-refractivity contribution in [1.82, 2.24) is 20.1 Å². The minimum absolute atomic E-state index is 0. The van der Waals surface area contributed by atoms with Crippen molar-refractivity contribution in [3.05, 3.63) is 28.2 Å². The van der Waals surface area contributed by atoms with E-state index in [-0.39, 0.29) is 24.0 Å². The molecule has 0 aromatic carbocycles. The van der Waals surface area contributed by atoms with Gasteiger partial charge in [-0.25, -0.2) is 4.98 Å². The van der Waals surface area contributed by atoms with Gasteiger partial charge < -0.3 is 10.2 Å².